The molecule has 1 aromatic heterocycles. The molecule has 3 nitrogen and oxygen atoms in total. The lowest BCUT2D eigenvalue weighted by Crippen LogP contribution is -2.10. The van der Waals surface area contributed by atoms with Gasteiger partial charge in [0.05, 0.1) is 11.0 Å². The highest BCUT2D eigenvalue weighted by Crippen LogP contribution is 2.21. The zero-order valence-corrected chi connectivity index (χ0v) is 11.1. The summed E-state index contributed by atoms with van der Waals surface area (Å²) in [6.45, 7) is 5.38. The standard InChI is InChI=1S/C14H21N3/c1-10(2)14-16-12-9-11(7-8-15-3)5-6-13(12)17(14)4/h5-6,9-10,15H,7-8H2,1-4H3. The predicted octanol–water partition coefficient (Wildman–Crippen LogP) is 2.46. The van der Waals surface area contributed by atoms with Gasteiger partial charge < -0.3 is 9.88 Å². The van der Waals surface area contributed by atoms with Crippen molar-refractivity contribution in [2.24, 2.45) is 7.05 Å². The Hall–Kier alpha value is -1.35. The minimum Gasteiger partial charge on any atom is -0.331 e. The van der Waals surface area contributed by atoms with Crippen LogP contribution in [0.2, 0.25) is 0 Å². The average molecular weight is 231 g/mol. The van der Waals surface area contributed by atoms with Crippen molar-refractivity contribution in [1.29, 1.82) is 0 Å². The fourth-order valence-corrected chi connectivity index (χ4v) is 2.21. The first-order valence-corrected chi connectivity index (χ1v) is 6.23. The lowest BCUT2D eigenvalue weighted by molar-refractivity contribution is 0.722. The van der Waals surface area contributed by atoms with E-state index in [9.17, 15) is 0 Å². The molecule has 3 heteroatoms. The molecule has 0 spiro atoms. The van der Waals surface area contributed by atoms with Crippen molar-refractivity contribution in [3.8, 4) is 0 Å². The Labute approximate surface area is 103 Å². The number of hydrogen-bond acceptors (Lipinski definition) is 2. The van der Waals surface area contributed by atoms with Crippen molar-refractivity contribution in [2.45, 2.75) is 26.2 Å². The van der Waals surface area contributed by atoms with Crippen LogP contribution in [0.5, 0.6) is 0 Å². The van der Waals surface area contributed by atoms with E-state index in [0.29, 0.717) is 5.92 Å². The molecule has 2 rings (SSSR count). The summed E-state index contributed by atoms with van der Waals surface area (Å²) >= 11 is 0. The van der Waals surface area contributed by atoms with Gasteiger partial charge in [-0.3, -0.25) is 0 Å². The summed E-state index contributed by atoms with van der Waals surface area (Å²) in [5.74, 6) is 1.62. The van der Waals surface area contributed by atoms with Crippen molar-refractivity contribution >= 4 is 11.0 Å². The van der Waals surface area contributed by atoms with Crippen molar-refractivity contribution in [2.75, 3.05) is 13.6 Å². The van der Waals surface area contributed by atoms with Crippen LogP contribution in [0, 0.1) is 0 Å². The molecule has 17 heavy (non-hydrogen) atoms. The van der Waals surface area contributed by atoms with Crippen LogP contribution in [0.4, 0.5) is 0 Å². The molecule has 0 amide bonds. The molecule has 0 radical (unpaired) electrons. The molecular formula is C14H21N3. The molecule has 0 aliphatic heterocycles. The van der Waals surface area contributed by atoms with Gasteiger partial charge in [-0.25, -0.2) is 4.98 Å². The monoisotopic (exact) mass is 231 g/mol. The number of aryl methyl sites for hydroxylation is 1. The summed E-state index contributed by atoms with van der Waals surface area (Å²) < 4.78 is 2.20. The largest absolute Gasteiger partial charge is 0.331 e. The number of benzene rings is 1. The minimum absolute atomic E-state index is 0.466. The number of hydrogen-bond donors (Lipinski definition) is 1. The number of fused-ring (bicyclic) bond motifs is 1. The molecule has 1 heterocycles. The van der Waals surface area contributed by atoms with Gasteiger partial charge in [0.2, 0.25) is 0 Å². The van der Waals surface area contributed by atoms with Gasteiger partial charge in [-0.1, -0.05) is 19.9 Å². The summed E-state index contributed by atoms with van der Waals surface area (Å²) in [4.78, 5) is 4.72. The molecule has 0 aliphatic rings. The second-order valence-corrected chi connectivity index (χ2v) is 4.86. The van der Waals surface area contributed by atoms with Gasteiger partial charge in [-0.15, -0.1) is 0 Å². The SMILES string of the molecule is CNCCc1ccc2c(c1)nc(C(C)C)n2C. The van der Waals surface area contributed by atoms with Crippen molar-refractivity contribution in [3.05, 3.63) is 29.6 Å². The summed E-state index contributed by atoms with van der Waals surface area (Å²) in [7, 11) is 4.08. The molecule has 0 fully saturated rings. The highest BCUT2D eigenvalue weighted by Gasteiger charge is 2.10. The number of likely N-dealkylation sites (N-methyl/N-ethyl adjacent to an activating group) is 1. The van der Waals surface area contributed by atoms with E-state index in [0.717, 1.165) is 24.3 Å². The summed E-state index contributed by atoms with van der Waals surface area (Å²) in [6, 6.07) is 6.59. The van der Waals surface area contributed by atoms with Gasteiger partial charge in [0.25, 0.3) is 0 Å². The highest BCUT2D eigenvalue weighted by atomic mass is 15.1. The van der Waals surface area contributed by atoms with Gasteiger partial charge in [-0.05, 0) is 37.7 Å². The Morgan fingerprint density at radius 2 is 2.12 bits per heavy atom. The van der Waals surface area contributed by atoms with Crippen LogP contribution in [0.1, 0.15) is 31.2 Å². The summed E-state index contributed by atoms with van der Waals surface area (Å²) in [6.07, 6.45) is 1.06. The number of nitrogens with zero attached hydrogens (tertiary/aromatic N) is 2. The first-order chi connectivity index (χ1) is 8.13. The van der Waals surface area contributed by atoms with Crippen LogP contribution in [-0.4, -0.2) is 23.1 Å². The normalized spacial score (nSPS) is 11.6. The Morgan fingerprint density at radius 3 is 2.76 bits per heavy atom. The molecule has 1 N–H and O–H groups in total. The van der Waals surface area contributed by atoms with Crippen molar-refractivity contribution < 1.29 is 0 Å². The minimum atomic E-state index is 0.466. The summed E-state index contributed by atoms with van der Waals surface area (Å²) in [5, 5.41) is 3.17. The number of aromatic nitrogens is 2. The highest BCUT2D eigenvalue weighted by molar-refractivity contribution is 5.77. The molecular weight excluding hydrogens is 210 g/mol. The van der Waals surface area contributed by atoms with Crippen LogP contribution in [-0.2, 0) is 13.5 Å². The van der Waals surface area contributed by atoms with Crippen LogP contribution in [0.15, 0.2) is 18.2 Å². The number of rotatable bonds is 4. The predicted molar refractivity (Wildman–Crippen MR) is 72.4 cm³/mol. The Bertz CT molecular complexity index is 511. The van der Waals surface area contributed by atoms with E-state index in [1.165, 1.54) is 11.1 Å². The Balaban J connectivity index is 2.41. The fourth-order valence-electron chi connectivity index (χ4n) is 2.21. The van der Waals surface area contributed by atoms with E-state index in [-0.39, 0.29) is 0 Å². The molecule has 0 saturated carbocycles. The molecule has 0 unspecified atom stereocenters. The molecule has 2 aromatic rings. The molecule has 1 aromatic carbocycles. The molecule has 0 saturated heterocycles. The van der Waals surface area contributed by atoms with E-state index >= 15 is 0 Å². The van der Waals surface area contributed by atoms with Crippen molar-refractivity contribution in [1.82, 2.24) is 14.9 Å². The zero-order chi connectivity index (χ0) is 12.4. The van der Waals surface area contributed by atoms with Gasteiger partial charge >= 0.3 is 0 Å². The molecule has 0 bridgehead atoms. The van der Waals surface area contributed by atoms with Gasteiger partial charge in [0.15, 0.2) is 0 Å². The fraction of sp³-hybridized carbons (Fsp3) is 0.500. The first kappa shape index (κ1) is 12.1. The summed E-state index contributed by atoms with van der Waals surface area (Å²) in [5.41, 5.74) is 3.69. The van der Waals surface area contributed by atoms with Crippen LogP contribution < -0.4 is 5.32 Å². The van der Waals surface area contributed by atoms with Crippen LogP contribution in [0.3, 0.4) is 0 Å². The Morgan fingerprint density at radius 1 is 1.35 bits per heavy atom. The van der Waals surface area contributed by atoms with E-state index in [1.807, 2.05) is 7.05 Å². The van der Waals surface area contributed by atoms with E-state index in [4.69, 9.17) is 4.98 Å². The maximum Gasteiger partial charge on any atom is 0.112 e. The molecule has 0 atom stereocenters. The van der Waals surface area contributed by atoms with E-state index < -0.39 is 0 Å². The van der Waals surface area contributed by atoms with E-state index in [2.05, 4.69) is 49.0 Å². The van der Waals surface area contributed by atoms with Crippen LogP contribution >= 0.6 is 0 Å². The number of nitrogens with one attached hydrogen (secondary N) is 1. The quantitative estimate of drug-likeness (QED) is 0.876. The van der Waals surface area contributed by atoms with Crippen molar-refractivity contribution in [3.63, 3.8) is 0 Å². The first-order valence-electron chi connectivity index (χ1n) is 6.23. The molecule has 92 valence electrons. The maximum atomic E-state index is 4.72. The third kappa shape index (κ3) is 2.34. The smallest absolute Gasteiger partial charge is 0.112 e. The van der Waals surface area contributed by atoms with Gasteiger partial charge in [0, 0.05) is 13.0 Å². The third-order valence-electron chi connectivity index (χ3n) is 3.16. The van der Waals surface area contributed by atoms with Crippen LogP contribution in [0.25, 0.3) is 11.0 Å². The topological polar surface area (TPSA) is 29.9 Å². The molecule has 0 aliphatic carbocycles. The lowest BCUT2D eigenvalue weighted by atomic mass is 10.1. The average Bonchev–Trinajstić information content (AvgIpc) is 2.64. The second-order valence-electron chi connectivity index (χ2n) is 4.86. The second kappa shape index (κ2) is 4.88. The third-order valence-corrected chi connectivity index (χ3v) is 3.16. The lowest BCUT2D eigenvalue weighted by Gasteiger charge is -2.04. The van der Waals surface area contributed by atoms with E-state index in [1.54, 1.807) is 0 Å². The van der Waals surface area contributed by atoms with Gasteiger partial charge in [-0.2, -0.15) is 0 Å². The van der Waals surface area contributed by atoms with Gasteiger partial charge in [0.1, 0.15) is 5.82 Å². The zero-order valence-electron chi connectivity index (χ0n) is 11.1. The maximum absolute atomic E-state index is 4.72. The Kier molecular flexibility index (Phi) is 3.48. The number of imidazole rings is 1.